The van der Waals surface area contributed by atoms with Crippen LogP contribution in [0.15, 0.2) is 30.3 Å². The molecule has 1 aromatic heterocycles. The third kappa shape index (κ3) is 5.31. The molecule has 1 aliphatic rings. The van der Waals surface area contributed by atoms with Crippen molar-refractivity contribution < 1.29 is 19.6 Å². The number of hydrogen-bond acceptors (Lipinski definition) is 5. The topological polar surface area (TPSA) is 101 Å². The highest BCUT2D eigenvalue weighted by Crippen LogP contribution is 2.40. The maximum absolute atomic E-state index is 13.4. The summed E-state index contributed by atoms with van der Waals surface area (Å²) < 4.78 is 0. The quantitative estimate of drug-likeness (QED) is 0.419. The molecule has 0 spiro atoms. The second kappa shape index (κ2) is 10.0. The Kier molecular flexibility index (Phi) is 7.95. The van der Waals surface area contributed by atoms with Crippen LogP contribution in [0, 0.1) is 22.0 Å². The number of nitro groups is 1. The number of hydrogen-bond donors (Lipinski definition) is 1. The number of thiophene rings is 1. The van der Waals surface area contributed by atoms with E-state index in [1.54, 1.807) is 23.1 Å². The number of rotatable bonds is 6. The van der Waals surface area contributed by atoms with Gasteiger partial charge in [0, 0.05) is 29.0 Å². The van der Waals surface area contributed by atoms with Crippen LogP contribution < -0.4 is 4.90 Å². The Labute approximate surface area is 186 Å². The van der Waals surface area contributed by atoms with Gasteiger partial charge in [-0.1, -0.05) is 26.5 Å². The van der Waals surface area contributed by atoms with E-state index in [0.29, 0.717) is 22.0 Å². The van der Waals surface area contributed by atoms with Crippen LogP contribution in [0.4, 0.5) is 11.4 Å². The Morgan fingerprint density at radius 1 is 1.19 bits per heavy atom. The predicted octanol–water partition coefficient (Wildman–Crippen LogP) is 6.23. The van der Waals surface area contributed by atoms with Crippen molar-refractivity contribution >= 4 is 34.6 Å². The van der Waals surface area contributed by atoms with Gasteiger partial charge in [0.15, 0.2) is 0 Å². The van der Waals surface area contributed by atoms with Crippen LogP contribution in [0.2, 0.25) is 0 Å². The predicted molar refractivity (Wildman–Crippen MR) is 124 cm³/mol. The monoisotopic (exact) mass is 446 g/mol. The first-order valence-corrected chi connectivity index (χ1v) is 11.0. The van der Waals surface area contributed by atoms with Gasteiger partial charge in [-0.05, 0) is 57.1 Å². The van der Waals surface area contributed by atoms with Crippen molar-refractivity contribution in [3.05, 3.63) is 45.3 Å². The normalized spacial score (nSPS) is 18.3. The average Bonchev–Trinajstić information content (AvgIpc) is 3.13. The molecule has 1 heterocycles. The van der Waals surface area contributed by atoms with Crippen LogP contribution in [0.5, 0.6) is 0 Å². The van der Waals surface area contributed by atoms with E-state index in [1.165, 1.54) is 12.1 Å². The summed E-state index contributed by atoms with van der Waals surface area (Å²) in [6.45, 7) is 5.94. The van der Waals surface area contributed by atoms with E-state index >= 15 is 0 Å². The smallest absolute Gasteiger partial charge is 0.348 e. The second-order valence-electron chi connectivity index (χ2n) is 8.20. The number of aromatic carboxylic acids is 1. The largest absolute Gasteiger partial charge is 0.477 e. The summed E-state index contributed by atoms with van der Waals surface area (Å²) in [4.78, 5) is 38.2. The molecule has 0 atom stereocenters. The van der Waals surface area contributed by atoms with Gasteiger partial charge >= 0.3 is 5.97 Å². The van der Waals surface area contributed by atoms with E-state index in [9.17, 15) is 24.8 Å². The van der Waals surface area contributed by atoms with Gasteiger partial charge in [0.05, 0.1) is 10.6 Å². The molecule has 1 aromatic carbocycles. The molecule has 31 heavy (non-hydrogen) atoms. The van der Waals surface area contributed by atoms with Crippen molar-refractivity contribution in [1.82, 2.24) is 0 Å². The molecule has 8 heteroatoms. The Morgan fingerprint density at radius 3 is 2.39 bits per heavy atom. The molecule has 0 saturated heterocycles. The number of non-ortho nitro benzene ring substituents is 1. The zero-order valence-corrected chi connectivity index (χ0v) is 18.1. The minimum atomic E-state index is -1.11. The molecule has 0 radical (unpaired) electrons. The van der Waals surface area contributed by atoms with E-state index in [2.05, 4.69) is 6.92 Å². The number of anilines is 1. The van der Waals surface area contributed by atoms with E-state index < -0.39 is 10.9 Å². The van der Waals surface area contributed by atoms with Crippen molar-refractivity contribution in [2.75, 3.05) is 4.90 Å². The molecular formula is C23H30N2O5S. The Balaban J connectivity index is 0.00000341. The van der Waals surface area contributed by atoms with Gasteiger partial charge in [-0.2, -0.15) is 0 Å². The fraction of sp³-hybridized carbons (Fsp3) is 0.478. The SMILES string of the molecule is C.CC1CCC(C(=O)N(c2cc(-c3cccc([N+](=O)[O-])c3)sc2C(=O)O)C(C)C)CC1. The highest BCUT2D eigenvalue weighted by molar-refractivity contribution is 7.18. The van der Waals surface area contributed by atoms with Crippen LogP contribution in [-0.4, -0.2) is 27.9 Å². The summed E-state index contributed by atoms with van der Waals surface area (Å²) in [5, 5.41) is 20.9. The molecule has 0 aliphatic heterocycles. The van der Waals surface area contributed by atoms with Crippen molar-refractivity contribution in [2.24, 2.45) is 11.8 Å². The highest BCUT2D eigenvalue weighted by Gasteiger charge is 2.33. The number of carbonyl (C=O) groups is 2. The van der Waals surface area contributed by atoms with Gasteiger partial charge in [0.25, 0.3) is 5.69 Å². The summed E-state index contributed by atoms with van der Waals surface area (Å²) in [5.74, 6) is -0.644. The first-order chi connectivity index (χ1) is 14.2. The van der Waals surface area contributed by atoms with Crippen molar-refractivity contribution in [3.63, 3.8) is 0 Å². The van der Waals surface area contributed by atoms with Gasteiger partial charge in [-0.15, -0.1) is 11.3 Å². The van der Waals surface area contributed by atoms with E-state index in [1.807, 2.05) is 13.8 Å². The summed E-state index contributed by atoms with van der Waals surface area (Å²) in [5.41, 5.74) is 0.866. The number of carbonyl (C=O) groups excluding carboxylic acids is 1. The molecule has 1 aliphatic carbocycles. The minimum absolute atomic E-state index is 0. The van der Waals surface area contributed by atoms with Crippen LogP contribution in [-0.2, 0) is 4.79 Å². The van der Waals surface area contributed by atoms with Crippen LogP contribution in [0.1, 0.15) is 63.6 Å². The second-order valence-corrected chi connectivity index (χ2v) is 9.25. The molecule has 168 valence electrons. The van der Waals surface area contributed by atoms with Crippen molar-refractivity contribution in [1.29, 1.82) is 0 Å². The fourth-order valence-corrected chi connectivity index (χ4v) is 4.97. The molecule has 2 aromatic rings. The lowest BCUT2D eigenvalue weighted by molar-refractivity contribution is -0.384. The van der Waals surface area contributed by atoms with Gasteiger partial charge in [0.2, 0.25) is 5.91 Å². The summed E-state index contributed by atoms with van der Waals surface area (Å²) in [6, 6.07) is 7.56. The molecule has 3 rings (SSSR count). The van der Waals surface area contributed by atoms with Crippen LogP contribution in [0.25, 0.3) is 10.4 Å². The number of benzene rings is 1. The minimum Gasteiger partial charge on any atom is -0.477 e. The Hall–Kier alpha value is -2.74. The third-order valence-corrected chi connectivity index (χ3v) is 6.79. The van der Waals surface area contributed by atoms with Crippen molar-refractivity contribution in [3.8, 4) is 10.4 Å². The lowest BCUT2D eigenvalue weighted by atomic mass is 9.82. The zero-order chi connectivity index (χ0) is 22.0. The molecular weight excluding hydrogens is 416 g/mol. The molecule has 1 amide bonds. The maximum Gasteiger partial charge on any atom is 0.348 e. The molecule has 7 nitrogen and oxygen atoms in total. The fourth-order valence-electron chi connectivity index (χ4n) is 3.98. The first kappa shape index (κ1) is 24.5. The van der Waals surface area contributed by atoms with Crippen molar-refractivity contribution in [2.45, 2.75) is 59.9 Å². The summed E-state index contributed by atoms with van der Waals surface area (Å²) >= 11 is 1.04. The number of nitrogens with zero attached hydrogens (tertiary/aromatic N) is 2. The number of nitro benzene ring substituents is 1. The molecule has 0 bridgehead atoms. The molecule has 1 fully saturated rings. The van der Waals surface area contributed by atoms with E-state index in [4.69, 9.17) is 0 Å². The Morgan fingerprint density at radius 2 is 1.84 bits per heavy atom. The lowest BCUT2D eigenvalue weighted by Gasteiger charge is -2.33. The highest BCUT2D eigenvalue weighted by atomic mass is 32.1. The van der Waals surface area contributed by atoms with Crippen LogP contribution in [0.3, 0.4) is 0 Å². The van der Waals surface area contributed by atoms with Gasteiger partial charge in [-0.3, -0.25) is 14.9 Å². The molecule has 1 saturated carbocycles. The van der Waals surface area contributed by atoms with Crippen LogP contribution >= 0.6 is 11.3 Å². The standard InChI is InChI=1S/C22H26N2O5S.CH4/c1-13(2)23(21(25)15-9-7-14(3)8-10-15)18-12-19(30-20(18)22(26)27)16-5-4-6-17(11-16)24(28)29;/h4-6,11-15H,7-10H2,1-3H3,(H,26,27);1H4. The number of carboxylic acids is 1. The number of carboxylic acid groups (broad SMARTS) is 1. The van der Waals surface area contributed by atoms with E-state index in [-0.39, 0.29) is 35.9 Å². The van der Waals surface area contributed by atoms with E-state index in [0.717, 1.165) is 37.0 Å². The molecule has 1 N–H and O–H groups in total. The van der Waals surface area contributed by atoms with Gasteiger partial charge < -0.3 is 10.0 Å². The number of amides is 1. The summed E-state index contributed by atoms with van der Waals surface area (Å²) in [7, 11) is 0. The molecule has 0 unspecified atom stereocenters. The zero-order valence-electron chi connectivity index (χ0n) is 17.3. The maximum atomic E-state index is 13.4. The Bertz CT molecular complexity index is 961. The van der Waals surface area contributed by atoms with Gasteiger partial charge in [-0.25, -0.2) is 4.79 Å². The summed E-state index contributed by atoms with van der Waals surface area (Å²) in [6.07, 6.45) is 3.62. The lowest BCUT2D eigenvalue weighted by Crippen LogP contribution is -2.42. The third-order valence-electron chi connectivity index (χ3n) is 5.63. The average molecular weight is 447 g/mol. The van der Waals surface area contributed by atoms with Gasteiger partial charge in [0.1, 0.15) is 4.88 Å². The first-order valence-electron chi connectivity index (χ1n) is 10.1.